The van der Waals surface area contributed by atoms with Crippen LogP contribution in [-0.2, 0) is 0 Å². The van der Waals surface area contributed by atoms with E-state index in [-0.39, 0.29) is 0 Å². The first kappa shape index (κ1) is 15.0. The molecule has 0 radical (unpaired) electrons. The van der Waals surface area contributed by atoms with Crippen molar-refractivity contribution in [3.8, 4) is 0 Å². The molecule has 1 atom stereocenters. The van der Waals surface area contributed by atoms with E-state index in [1.165, 1.54) is 45.3 Å². The Hall–Kier alpha value is -0.0400. The Balaban J connectivity index is 3.83. The fraction of sp³-hybridized carbons (Fsp3) is 1.00. The van der Waals surface area contributed by atoms with Gasteiger partial charge in [0, 0.05) is 6.54 Å². The van der Waals surface area contributed by atoms with E-state index in [0.717, 1.165) is 11.8 Å². The van der Waals surface area contributed by atoms with Crippen molar-refractivity contribution in [3.05, 3.63) is 0 Å². The van der Waals surface area contributed by atoms with Crippen molar-refractivity contribution in [1.29, 1.82) is 0 Å². The summed E-state index contributed by atoms with van der Waals surface area (Å²) >= 11 is 0. The molecule has 0 rings (SSSR count). The summed E-state index contributed by atoms with van der Waals surface area (Å²) in [6.07, 6.45) is 5.41. The van der Waals surface area contributed by atoms with Crippen molar-refractivity contribution < 1.29 is 0 Å². The standard InChI is InChI=1S/C14H31N/c1-6-9-14(7-2)12-15(8-3)11-10-13(4)5/h13-14H,6-12H2,1-5H3. The van der Waals surface area contributed by atoms with Gasteiger partial charge in [-0.1, -0.05) is 47.5 Å². The zero-order valence-corrected chi connectivity index (χ0v) is 11.6. The zero-order chi connectivity index (χ0) is 11.7. The Labute approximate surface area is 97.2 Å². The van der Waals surface area contributed by atoms with E-state index in [2.05, 4.69) is 39.5 Å². The van der Waals surface area contributed by atoms with Gasteiger partial charge in [-0.25, -0.2) is 0 Å². The fourth-order valence-electron chi connectivity index (χ4n) is 2.02. The maximum Gasteiger partial charge on any atom is 0.000944 e. The number of rotatable bonds is 9. The zero-order valence-electron chi connectivity index (χ0n) is 11.6. The molecule has 0 saturated heterocycles. The molecule has 15 heavy (non-hydrogen) atoms. The van der Waals surface area contributed by atoms with E-state index in [9.17, 15) is 0 Å². The average Bonchev–Trinajstić information content (AvgIpc) is 2.22. The minimum Gasteiger partial charge on any atom is -0.303 e. The largest absolute Gasteiger partial charge is 0.303 e. The van der Waals surface area contributed by atoms with Crippen LogP contribution in [0.15, 0.2) is 0 Å². The van der Waals surface area contributed by atoms with Crippen LogP contribution in [0.2, 0.25) is 0 Å². The second-order valence-electron chi connectivity index (χ2n) is 5.14. The highest BCUT2D eigenvalue weighted by Crippen LogP contribution is 2.13. The van der Waals surface area contributed by atoms with Crippen molar-refractivity contribution in [2.45, 2.75) is 60.3 Å². The van der Waals surface area contributed by atoms with Crippen LogP contribution in [0.5, 0.6) is 0 Å². The summed E-state index contributed by atoms with van der Waals surface area (Å²) in [5.74, 6) is 1.76. The Bertz CT molecular complexity index is 131. The summed E-state index contributed by atoms with van der Waals surface area (Å²) < 4.78 is 0. The number of hydrogen-bond donors (Lipinski definition) is 0. The maximum absolute atomic E-state index is 2.63. The molecule has 0 bridgehead atoms. The lowest BCUT2D eigenvalue weighted by atomic mass is 10.00. The quantitative estimate of drug-likeness (QED) is 0.555. The molecule has 0 amide bonds. The summed E-state index contributed by atoms with van der Waals surface area (Å²) in [7, 11) is 0. The van der Waals surface area contributed by atoms with Gasteiger partial charge >= 0.3 is 0 Å². The monoisotopic (exact) mass is 213 g/mol. The molecule has 0 aliphatic carbocycles. The summed E-state index contributed by atoms with van der Waals surface area (Å²) in [6.45, 7) is 15.4. The van der Waals surface area contributed by atoms with Crippen LogP contribution >= 0.6 is 0 Å². The number of hydrogen-bond acceptors (Lipinski definition) is 1. The predicted octanol–water partition coefficient (Wildman–Crippen LogP) is 4.18. The molecular formula is C14H31N. The minimum atomic E-state index is 0.838. The predicted molar refractivity (Wildman–Crippen MR) is 70.3 cm³/mol. The van der Waals surface area contributed by atoms with Crippen LogP contribution in [0.3, 0.4) is 0 Å². The first-order valence-electron chi connectivity index (χ1n) is 6.86. The molecule has 92 valence electrons. The van der Waals surface area contributed by atoms with Crippen LogP contribution in [0.25, 0.3) is 0 Å². The van der Waals surface area contributed by atoms with E-state index in [4.69, 9.17) is 0 Å². The van der Waals surface area contributed by atoms with Crippen LogP contribution in [0.1, 0.15) is 60.3 Å². The van der Waals surface area contributed by atoms with E-state index < -0.39 is 0 Å². The highest BCUT2D eigenvalue weighted by atomic mass is 15.1. The smallest absolute Gasteiger partial charge is 0.000944 e. The van der Waals surface area contributed by atoms with E-state index in [0.29, 0.717) is 0 Å². The first-order chi connectivity index (χ1) is 7.13. The molecule has 0 aromatic heterocycles. The molecule has 1 unspecified atom stereocenters. The Morgan fingerprint density at radius 3 is 2.07 bits per heavy atom. The van der Waals surface area contributed by atoms with Gasteiger partial charge in [0.2, 0.25) is 0 Å². The van der Waals surface area contributed by atoms with Gasteiger partial charge < -0.3 is 4.90 Å². The summed E-state index contributed by atoms with van der Waals surface area (Å²) in [4.78, 5) is 2.63. The van der Waals surface area contributed by atoms with E-state index >= 15 is 0 Å². The second kappa shape index (κ2) is 9.21. The van der Waals surface area contributed by atoms with Crippen LogP contribution in [-0.4, -0.2) is 24.5 Å². The third-order valence-electron chi connectivity index (χ3n) is 3.26. The molecule has 0 aromatic rings. The van der Waals surface area contributed by atoms with Crippen LogP contribution in [0.4, 0.5) is 0 Å². The maximum atomic E-state index is 2.63. The van der Waals surface area contributed by atoms with Gasteiger partial charge in [-0.05, 0) is 37.8 Å². The van der Waals surface area contributed by atoms with Gasteiger partial charge in [0.25, 0.3) is 0 Å². The van der Waals surface area contributed by atoms with Crippen molar-refractivity contribution in [3.63, 3.8) is 0 Å². The minimum absolute atomic E-state index is 0.838. The molecule has 0 aliphatic heterocycles. The van der Waals surface area contributed by atoms with Gasteiger partial charge in [-0.15, -0.1) is 0 Å². The number of nitrogens with zero attached hydrogens (tertiary/aromatic N) is 1. The summed E-state index contributed by atoms with van der Waals surface area (Å²) in [5.41, 5.74) is 0. The highest BCUT2D eigenvalue weighted by molar-refractivity contribution is 4.64. The lowest BCUT2D eigenvalue weighted by molar-refractivity contribution is 0.219. The van der Waals surface area contributed by atoms with Gasteiger partial charge in [-0.3, -0.25) is 0 Å². The third kappa shape index (κ3) is 7.84. The SMILES string of the molecule is CCCC(CC)CN(CC)CCC(C)C. The Morgan fingerprint density at radius 1 is 1.00 bits per heavy atom. The summed E-state index contributed by atoms with van der Waals surface area (Å²) in [6, 6.07) is 0. The Morgan fingerprint density at radius 2 is 1.67 bits per heavy atom. The summed E-state index contributed by atoms with van der Waals surface area (Å²) in [5, 5.41) is 0. The van der Waals surface area contributed by atoms with Crippen molar-refractivity contribution in [2.75, 3.05) is 19.6 Å². The third-order valence-corrected chi connectivity index (χ3v) is 3.26. The molecule has 0 aromatic carbocycles. The van der Waals surface area contributed by atoms with Gasteiger partial charge in [0.15, 0.2) is 0 Å². The van der Waals surface area contributed by atoms with Crippen molar-refractivity contribution in [1.82, 2.24) is 4.90 Å². The highest BCUT2D eigenvalue weighted by Gasteiger charge is 2.10. The van der Waals surface area contributed by atoms with Gasteiger partial charge in [-0.2, -0.15) is 0 Å². The lowest BCUT2D eigenvalue weighted by Crippen LogP contribution is -2.30. The average molecular weight is 213 g/mol. The van der Waals surface area contributed by atoms with Gasteiger partial charge in [0.1, 0.15) is 0 Å². The molecule has 1 heteroatoms. The molecule has 0 N–H and O–H groups in total. The molecule has 0 fully saturated rings. The molecular weight excluding hydrogens is 182 g/mol. The van der Waals surface area contributed by atoms with Crippen molar-refractivity contribution >= 4 is 0 Å². The molecule has 0 saturated carbocycles. The fourth-order valence-corrected chi connectivity index (χ4v) is 2.02. The lowest BCUT2D eigenvalue weighted by Gasteiger charge is -2.26. The van der Waals surface area contributed by atoms with E-state index in [1.807, 2.05) is 0 Å². The van der Waals surface area contributed by atoms with E-state index in [1.54, 1.807) is 0 Å². The normalized spacial score (nSPS) is 13.8. The van der Waals surface area contributed by atoms with Gasteiger partial charge in [0.05, 0.1) is 0 Å². The molecule has 1 nitrogen and oxygen atoms in total. The van der Waals surface area contributed by atoms with Crippen molar-refractivity contribution in [2.24, 2.45) is 11.8 Å². The molecule has 0 heterocycles. The van der Waals surface area contributed by atoms with Crippen LogP contribution < -0.4 is 0 Å². The molecule has 0 aliphatic rings. The van der Waals surface area contributed by atoms with Crippen LogP contribution in [0, 0.1) is 11.8 Å². The first-order valence-corrected chi connectivity index (χ1v) is 6.86. The Kier molecular flexibility index (Phi) is 9.18. The topological polar surface area (TPSA) is 3.24 Å². The molecule has 0 spiro atoms. The second-order valence-corrected chi connectivity index (χ2v) is 5.14.